The highest BCUT2D eigenvalue weighted by molar-refractivity contribution is 7.10. The Bertz CT molecular complexity index is 2250. The molecule has 0 spiro atoms. The maximum absolute atomic E-state index is 15.7. The minimum Gasteiger partial charge on any atom is -0.491 e. The van der Waals surface area contributed by atoms with Crippen LogP contribution in [0.15, 0.2) is 120 Å². The molecule has 0 saturated carbocycles. The average Bonchev–Trinajstić information content (AvgIpc) is 3.99. The van der Waals surface area contributed by atoms with E-state index in [9.17, 15) is 26.3 Å². The van der Waals surface area contributed by atoms with Gasteiger partial charge < -0.3 is 18.9 Å². The van der Waals surface area contributed by atoms with Crippen molar-refractivity contribution in [2.45, 2.75) is 75.4 Å². The first-order valence-corrected chi connectivity index (χ1v) is 22.7. The van der Waals surface area contributed by atoms with Crippen molar-refractivity contribution in [3.8, 4) is 45.5 Å². The van der Waals surface area contributed by atoms with E-state index in [2.05, 4.69) is 19.3 Å². The summed E-state index contributed by atoms with van der Waals surface area (Å²) in [6.45, 7) is 1.29. The van der Waals surface area contributed by atoms with Gasteiger partial charge in [0.15, 0.2) is 5.78 Å². The maximum Gasteiger partial charge on any atom is 0.573 e. The summed E-state index contributed by atoms with van der Waals surface area (Å²) < 4.78 is 98.1. The van der Waals surface area contributed by atoms with Crippen molar-refractivity contribution < 1.29 is 50.1 Å². The van der Waals surface area contributed by atoms with Gasteiger partial charge in [-0.15, -0.1) is 49.0 Å². The number of thiazole rings is 2. The van der Waals surface area contributed by atoms with Crippen LogP contribution in [0, 0.1) is 0 Å². The number of hydrogen-bond donors (Lipinski definition) is 0. The second-order valence-corrected chi connectivity index (χ2v) is 17.2. The Labute approximate surface area is 374 Å². The molecule has 0 aliphatic carbocycles. The van der Waals surface area contributed by atoms with Gasteiger partial charge in [0, 0.05) is 21.9 Å². The van der Waals surface area contributed by atoms with Crippen LogP contribution in [0.4, 0.5) is 26.3 Å². The number of Topliss-reactive ketones (excluding diaryl/α,β-unsaturated/α-hetero) is 1. The molecule has 4 atom stereocenters. The van der Waals surface area contributed by atoms with Crippen LogP contribution in [0.25, 0.3) is 22.5 Å². The number of carbonyl (C=O) groups excluding carboxylic acids is 1. The van der Waals surface area contributed by atoms with E-state index in [1.54, 1.807) is 24.3 Å². The molecule has 9 nitrogen and oxygen atoms in total. The minimum absolute atomic E-state index is 0.0496. The molecule has 0 amide bonds. The summed E-state index contributed by atoms with van der Waals surface area (Å²) in [6, 6.07) is 27.9. The first kappa shape index (κ1) is 45.1. The summed E-state index contributed by atoms with van der Waals surface area (Å²) in [5.41, 5.74) is 2.47. The van der Waals surface area contributed by atoms with Gasteiger partial charge in [0.2, 0.25) is 0 Å². The number of ether oxygens (including phenoxy) is 4. The van der Waals surface area contributed by atoms with Crippen molar-refractivity contribution in [3.63, 3.8) is 0 Å². The second-order valence-electron chi connectivity index (χ2n) is 15.5. The van der Waals surface area contributed by atoms with Crippen LogP contribution < -0.4 is 18.9 Å². The molecule has 17 heteroatoms. The quantitative estimate of drug-likeness (QED) is 0.0881. The fourth-order valence-electron chi connectivity index (χ4n) is 8.27. The van der Waals surface area contributed by atoms with Crippen molar-refractivity contribution in [2.24, 2.45) is 0 Å². The van der Waals surface area contributed by atoms with Crippen LogP contribution in [0.5, 0.6) is 23.0 Å². The van der Waals surface area contributed by atoms with E-state index in [4.69, 9.17) is 19.4 Å². The minimum atomic E-state index is -4.80. The van der Waals surface area contributed by atoms with Crippen LogP contribution in [-0.2, 0) is 4.79 Å². The summed E-state index contributed by atoms with van der Waals surface area (Å²) in [5.74, 6) is 0.499. The normalized spacial score (nSPS) is 18.5. The lowest BCUT2D eigenvalue weighted by Crippen LogP contribution is -2.58. The van der Waals surface area contributed by atoms with Gasteiger partial charge in [-0.1, -0.05) is 49.2 Å². The number of nitrogens with zero attached hydrogens (tertiary/aromatic N) is 4. The zero-order valence-corrected chi connectivity index (χ0v) is 36.0. The van der Waals surface area contributed by atoms with Gasteiger partial charge in [0.05, 0.1) is 23.5 Å². The van der Waals surface area contributed by atoms with E-state index >= 15 is 4.79 Å². The van der Waals surface area contributed by atoms with E-state index in [1.165, 1.54) is 46.9 Å². The topological polar surface area (TPSA) is 86.2 Å². The van der Waals surface area contributed by atoms with Crippen LogP contribution >= 0.6 is 22.7 Å². The Kier molecular flexibility index (Phi) is 14.2. The molecule has 2 saturated heterocycles. The molecule has 4 heterocycles. The first-order valence-electron chi connectivity index (χ1n) is 20.9. The van der Waals surface area contributed by atoms with Gasteiger partial charge >= 0.3 is 12.7 Å². The molecule has 64 heavy (non-hydrogen) atoms. The predicted molar refractivity (Wildman–Crippen MR) is 232 cm³/mol. The molecule has 2 aliphatic heterocycles. The number of carbonyl (C=O) groups is 1. The highest BCUT2D eigenvalue weighted by Crippen LogP contribution is 2.40. The van der Waals surface area contributed by atoms with E-state index in [0.717, 1.165) is 48.5 Å². The summed E-state index contributed by atoms with van der Waals surface area (Å²) in [7, 11) is 0. The molecule has 4 aromatic carbocycles. The number of para-hydroxylation sites is 2. The molecule has 0 N–H and O–H groups in total. The molecule has 0 bridgehead atoms. The Morgan fingerprint density at radius 2 is 0.953 bits per heavy atom. The number of rotatable bonds is 16. The fraction of sp³-hybridized carbons (Fsp3) is 0.340. The van der Waals surface area contributed by atoms with E-state index < -0.39 is 24.8 Å². The molecule has 2 aliphatic rings. The lowest BCUT2D eigenvalue weighted by molar-refractivity contribution is -0.275. The van der Waals surface area contributed by atoms with Gasteiger partial charge in [-0.25, -0.2) is 9.97 Å². The highest BCUT2D eigenvalue weighted by Gasteiger charge is 2.44. The van der Waals surface area contributed by atoms with Crippen molar-refractivity contribution >= 4 is 28.5 Å². The fourth-order valence-corrected chi connectivity index (χ4v) is 10.2. The van der Waals surface area contributed by atoms with Crippen molar-refractivity contribution in [1.82, 2.24) is 19.8 Å². The number of likely N-dealkylation sites (tertiary alicyclic amines) is 2. The van der Waals surface area contributed by atoms with E-state index in [-0.39, 0.29) is 42.6 Å². The second kappa shape index (κ2) is 20.1. The van der Waals surface area contributed by atoms with Crippen molar-refractivity contribution in [3.05, 3.63) is 130 Å². The third-order valence-corrected chi connectivity index (χ3v) is 13.1. The molecule has 2 aromatic heterocycles. The Hall–Kier alpha value is -5.49. The molecule has 2 unspecified atom stereocenters. The van der Waals surface area contributed by atoms with Crippen LogP contribution in [0.2, 0.25) is 0 Å². The zero-order chi connectivity index (χ0) is 44.7. The highest BCUT2D eigenvalue weighted by atomic mass is 32.1. The third kappa shape index (κ3) is 11.6. The zero-order valence-electron chi connectivity index (χ0n) is 34.3. The summed E-state index contributed by atoms with van der Waals surface area (Å²) in [4.78, 5) is 30.1. The van der Waals surface area contributed by atoms with Gasteiger partial charge in [0.25, 0.3) is 0 Å². The van der Waals surface area contributed by atoms with Crippen molar-refractivity contribution in [2.75, 3.05) is 26.3 Å². The number of halogens is 6. The number of alkyl halides is 6. The Morgan fingerprint density at radius 3 is 1.33 bits per heavy atom. The lowest BCUT2D eigenvalue weighted by atomic mass is 9.93. The van der Waals surface area contributed by atoms with Crippen molar-refractivity contribution in [1.29, 1.82) is 0 Å². The Balaban J connectivity index is 1.11. The maximum atomic E-state index is 15.7. The number of aromatic nitrogens is 2. The number of ketones is 1. The monoisotopic (exact) mass is 922 g/mol. The average molecular weight is 923 g/mol. The number of hydrogen-bond acceptors (Lipinski definition) is 11. The summed E-state index contributed by atoms with van der Waals surface area (Å²) >= 11 is 2.89. The van der Waals surface area contributed by atoms with Crippen LogP contribution in [0.3, 0.4) is 0 Å². The van der Waals surface area contributed by atoms with Gasteiger partial charge in [-0.05, 0) is 112 Å². The van der Waals surface area contributed by atoms with Crippen LogP contribution in [-0.4, -0.2) is 76.7 Å². The predicted octanol–water partition coefficient (Wildman–Crippen LogP) is 11.9. The third-order valence-electron chi connectivity index (χ3n) is 11.2. The molecule has 336 valence electrons. The summed E-state index contributed by atoms with van der Waals surface area (Å²) in [6.07, 6.45) is -4.67. The molecular weight excluding hydrogens is 879 g/mol. The lowest BCUT2D eigenvalue weighted by Gasteiger charge is -2.44. The largest absolute Gasteiger partial charge is 0.573 e. The van der Waals surface area contributed by atoms with E-state index in [1.807, 2.05) is 71.4 Å². The Morgan fingerprint density at radius 1 is 0.562 bits per heavy atom. The number of piperidine rings is 2. The molecular formula is C47H44F6N4O5S2. The molecule has 8 rings (SSSR count). The smallest absolute Gasteiger partial charge is 0.491 e. The standard InChI is InChI=1S/C47H44F6N4O5S2/c48-46(49,50)61-35-21-17-31(18-22-35)37-29-63-44(54-37)39-15-7-9-25-56(39)41(27-59-33-11-3-1-4-12-33)43(58)42(28-60-34-13-5-2-6-14-34)57-26-10-8-16-40(57)45-55-38(30-64-45)32-19-23-36(24-20-32)62-47(51,52)53/h1-6,11-14,17-24,29-30,39-42H,7-10,15-16,25-28H2/t39-,40-,41?,42?/m1/s1. The molecule has 0 radical (unpaired) electrons. The molecule has 2 fully saturated rings. The van der Waals surface area contributed by atoms with Gasteiger partial charge in [-0.2, -0.15) is 0 Å². The molecule has 6 aromatic rings. The summed E-state index contributed by atoms with van der Waals surface area (Å²) in [5, 5.41) is 5.31. The van der Waals surface area contributed by atoms with E-state index in [0.29, 0.717) is 47.1 Å². The van der Waals surface area contributed by atoms with Gasteiger partial charge in [0.1, 0.15) is 58.3 Å². The SMILES string of the molecule is O=C(C(COc1ccccc1)N1CCCC[C@@H]1c1nc(-c2ccc(OC(F)(F)F)cc2)cs1)C(COc1ccccc1)N1CCCC[C@@H]1c1nc(-c2ccc(OC(F)(F)F)cc2)cs1. The first-order chi connectivity index (χ1) is 30.9. The van der Waals surface area contributed by atoms with Gasteiger partial charge in [-0.3, -0.25) is 14.6 Å². The van der Waals surface area contributed by atoms with Crippen LogP contribution in [0.1, 0.15) is 60.6 Å². The number of benzene rings is 4.